The van der Waals surface area contributed by atoms with Crippen LogP contribution < -0.4 is 9.64 Å². The van der Waals surface area contributed by atoms with Gasteiger partial charge in [-0.2, -0.15) is 18.7 Å². The van der Waals surface area contributed by atoms with Crippen molar-refractivity contribution in [3.63, 3.8) is 0 Å². The number of fused-ring (bicyclic) bond motifs is 4. The number of aromatic nitrogens is 3. The van der Waals surface area contributed by atoms with Gasteiger partial charge in [-0.25, -0.2) is 13.2 Å². The number of hydrogen-bond donors (Lipinski definition) is 0. The molecular formula is C34H28F5N5O2. The van der Waals surface area contributed by atoms with Crippen molar-refractivity contribution in [3.05, 3.63) is 65.4 Å². The fourth-order valence-electron chi connectivity index (χ4n) is 7.54. The Morgan fingerprint density at radius 3 is 2.85 bits per heavy atom. The molecule has 8 rings (SSSR count). The maximum Gasteiger partial charge on any atom is 0.319 e. The molecule has 1 aliphatic carbocycles. The highest BCUT2D eigenvalue weighted by molar-refractivity contribution is 6.02. The SMILES string of the molecule is C#Cc1c(F)ccc2cccc(-c3ncc4c(N5CCOC[C@H]6[C@H](F)[C@H]65)nc(OC[C@@]56CCCN5CC(=C(F)F)C6)nc4c3F)c12. The van der Waals surface area contributed by atoms with Gasteiger partial charge < -0.3 is 14.4 Å². The van der Waals surface area contributed by atoms with Crippen molar-refractivity contribution in [2.45, 2.75) is 37.0 Å². The van der Waals surface area contributed by atoms with Crippen LogP contribution in [0.3, 0.4) is 0 Å². The monoisotopic (exact) mass is 633 g/mol. The summed E-state index contributed by atoms with van der Waals surface area (Å²) in [7, 11) is 0. The molecule has 2 aromatic carbocycles. The fraction of sp³-hybridized carbons (Fsp3) is 0.382. The minimum absolute atomic E-state index is 0.0172. The lowest BCUT2D eigenvalue weighted by Gasteiger charge is -2.31. The molecule has 0 unspecified atom stereocenters. The molecule has 1 saturated carbocycles. The summed E-state index contributed by atoms with van der Waals surface area (Å²) >= 11 is 0. The Morgan fingerprint density at radius 2 is 2.02 bits per heavy atom. The van der Waals surface area contributed by atoms with Crippen LogP contribution in [0.15, 0.2) is 48.2 Å². The highest BCUT2D eigenvalue weighted by Gasteiger charge is 2.56. The van der Waals surface area contributed by atoms with Crippen molar-refractivity contribution >= 4 is 27.5 Å². The van der Waals surface area contributed by atoms with Gasteiger partial charge in [0.15, 0.2) is 5.82 Å². The summed E-state index contributed by atoms with van der Waals surface area (Å²) in [5.74, 6) is 0.835. The number of hydrogen-bond acceptors (Lipinski definition) is 7. The normalized spacial score (nSPS) is 25.8. The first-order valence-electron chi connectivity index (χ1n) is 15.2. The molecule has 0 amide bonds. The zero-order valence-electron chi connectivity index (χ0n) is 24.6. The number of rotatable bonds is 5. The van der Waals surface area contributed by atoms with E-state index in [-0.39, 0.29) is 77.2 Å². The van der Waals surface area contributed by atoms with Crippen molar-refractivity contribution in [2.24, 2.45) is 5.92 Å². The zero-order valence-corrected chi connectivity index (χ0v) is 24.6. The highest BCUT2D eigenvalue weighted by atomic mass is 19.3. The standard InChI is InChI=1S/C34H28F5N5O2/c1-2-20-24(35)8-7-18-5-3-6-21(25(18)20)28-27(37)29-22(14-40-28)32(44-11-12-45-16-23-26(36)30(23)44)42-33(41-29)46-17-34-9-4-10-43(34)15-19(13-34)31(38)39/h1,3,5-8,14,23,26,30H,4,9-13,15-17H2/t23-,26-,30-,34-/m0/s1. The number of halogens is 5. The van der Waals surface area contributed by atoms with Gasteiger partial charge in [-0.15, -0.1) is 6.42 Å². The molecule has 0 bridgehead atoms. The second-order valence-electron chi connectivity index (χ2n) is 12.4. The molecule has 5 heterocycles. The zero-order chi connectivity index (χ0) is 31.7. The van der Waals surface area contributed by atoms with E-state index in [0.29, 0.717) is 36.9 Å². The third kappa shape index (κ3) is 4.51. The first-order valence-corrected chi connectivity index (χ1v) is 15.2. The van der Waals surface area contributed by atoms with Gasteiger partial charge >= 0.3 is 6.01 Å². The maximum absolute atomic E-state index is 16.7. The molecule has 2 aromatic heterocycles. The van der Waals surface area contributed by atoms with Crippen LogP contribution in [0.4, 0.5) is 27.8 Å². The first-order chi connectivity index (χ1) is 22.3. The summed E-state index contributed by atoms with van der Waals surface area (Å²) in [5, 5.41) is 1.18. The highest BCUT2D eigenvalue weighted by Crippen LogP contribution is 2.46. The molecule has 3 aliphatic heterocycles. The van der Waals surface area contributed by atoms with E-state index < -0.39 is 35.5 Å². The molecule has 0 N–H and O–H groups in total. The average Bonchev–Trinajstić information content (AvgIpc) is 3.39. The summed E-state index contributed by atoms with van der Waals surface area (Å²) in [4.78, 5) is 17.3. The Labute approximate surface area is 261 Å². The Morgan fingerprint density at radius 1 is 1.15 bits per heavy atom. The van der Waals surface area contributed by atoms with E-state index in [4.69, 9.17) is 15.9 Å². The van der Waals surface area contributed by atoms with Gasteiger partial charge in [0.2, 0.25) is 0 Å². The molecule has 4 aromatic rings. The third-order valence-electron chi connectivity index (χ3n) is 9.89. The summed E-state index contributed by atoms with van der Waals surface area (Å²) in [6, 6.07) is 7.19. The molecule has 0 spiro atoms. The van der Waals surface area contributed by atoms with Crippen LogP contribution in [0.5, 0.6) is 6.01 Å². The van der Waals surface area contributed by atoms with E-state index in [1.807, 2.05) is 4.90 Å². The van der Waals surface area contributed by atoms with Gasteiger partial charge in [0.05, 0.1) is 35.7 Å². The van der Waals surface area contributed by atoms with E-state index in [0.717, 1.165) is 6.42 Å². The fourth-order valence-corrected chi connectivity index (χ4v) is 7.54. The first kappa shape index (κ1) is 29.1. The van der Waals surface area contributed by atoms with Crippen LogP contribution in [0.1, 0.15) is 24.8 Å². The van der Waals surface area contributed by atoms with Gasteiger partial charge in [0, 0.05) is 41.7 Å². The van der Waals surface area contributed by atoms with Gasteiger partial charge in [-0.1, -0.05) is 30.2 Å². The minimum Gasteiger partial charge on any atom is -0.461 e. The number of anilines is 1. The summed E-state index contributed by atoms with van der Waals surface area (Å²) in [6.45, 7) is 1.72. The average molecular weight is 634 g/mol. The van der Waals surface area contributed by atoms with E-state index in [1.54, 1.807) is 29.2 Å². The smallest absolute Gasteiger partial charge is 0.319 e. The molecule has 4 atom stereocenters. The Balaban J connectivity index is 1.27. The van der Waals surface area contributed by atoms with Crippen molar-refractivity contribution in [2.75, 3.05) is 44.4 Å². The van der Waals surface area contributed by atoms with E-state index in [1.165, 1.54) is 12.3 Å². The Hall–Kier alpha value is -4.34. The third-order valence-corrected chi connectivity index (χ3v) is 9.89. The molecule has 4 aliphatic rings. The number of ether oxygens (including phenoxy) is 2. The molecule has 0 radical (unpaired) electrons. The lowest BCUT2D eigenvalue weighted by atomic mass is 9.94. The predicted octanol–water partition coefficient (Wildman–Crippen LogP) is 6.05. The van der Waals surface area contributed by atoms with Gasteiger partial charge in [0.25, 0.3) is 6.08 Å². The number of alkyl halides is 1. The lowest BCUT2D eigenvalue weighted by Crippen LogP contribution is -2.43. The number of terminal acetylenes is 1. The van der Waals surface area contributed by atoms with Crippen LogP contribution >= 0.6 is 0 Å². The molecule has 3 saturated heterocycles. The van der Waals surface area contributed by atoms with Crippen molar-refractivity contribution in [1.82, 2.24) is 19.9 Å². The van der Waals surface area contributed by atoms with Crippen molar-refractivity contribution < 1.29 is 31.4 Å². The Kier molecular flexibility index (Phi) is 6.88. The van der Waals surface area contributed by atoms with Gasteiger partial charge in [-0.05, 0) is 37.3 Å². The molecule has 236 valence electrons. The molecular weight excluding hydrogens is 605 g/mol. The van der Waals surface area contributed by atoms with Crippen molar-refractivity contribution in [3.8, 4) is 29.6 Å². The van der Waals surface area contributed by atoms with Crippen LogP contribution in [-0.2, 0) is 4.74 Å². The second kappa shape index (κ2) is 10.9. The molecule has 4 fully saturated rings. The second-order valence-corrected chi connectivity index (χ2v) is 12.4. The quantitative estimate of drug-likeness (QED) is 0.196. The van der Waals surface area contributed by atoms with Gasteiger partial charge in [0.1, 0.15) is 35.6 Å². The van der Waals surface area contributed by atoms with E-state index in [9.17, 15) is 17.6 Å². The van der Waals surface area contributed by atoms with Crippen LogP contribution in [0.2, 0.25) is 0 Å². The number of benzene rings is 2. The molecule has 12 heteroatoms. The number of pyridine rings is 1. The molecule has 7 nitrogen and oxygen atoms in total. The lowest BCUT2D eigenvalue weighted by molar-refractivity contribution is 0.108. The Bertz CT molecular complexity index is 1980. The summed E-state index contributed by atoms with van der Waals surface area (Å²) < 4.78 is 85.3. The topological polar surface area (TPSA) is 63.6 Å². The van der Waals surface area contributed by atoms with Crippen LogP contribution in [-0.4, -0.2) is 77.1 Å². The van der Waals surface area contributed by atoms with Gasteiger partial charge in [-0.3, -0.25) is 9.88 Å². The van der Waals surface area contributed by atoms with Crippen LogP contribution in [0, 0.1) is 29.9 Å². The number of nitrogens with zero attached hydrogens (tertiary/aromatic N) is 5. The van der Waals surface area contributed by atoms with E-state index >= 15 is 4.39 Å². The summed E-state index contributed by atoms with van der Waals surface area (Å²) in [6.07, 6.45) is 5.90. The summed E-state index contributed by atoms with van der Waals surface area (Å²) in [5.41, 5.74) is -0.537. The largest absolute Gasteiger partial charge is 0.461 e. The van der Waals surface area contributed by atoms with Crippen LogP contribution in [0.25, 0.3) is 32.9 Å². The molecule has 46 heavy (non-hydrogen) atoms. The van der Waals surface area contributed by atoms with Crippen molar-refractivity contribution in [1.29, 1.82) is 0 Å². The predicted molar refractivity (Wildman–Crippen MR) is 161 cm³/mol. The van der Waals surface area contributed by atoms with E-state index in [2.05, 4.69) is 20.9 Å². The maximum atomic E-state index is 16.7. The minimum atomic E-state index is -1.68.